The molecule has 0 atom stereocenters. The second-order valence-corrected chi connectivity index (χ2v) is 7.03. The predicted molar refractivity (Wildman–Crippen MR) is 117 cm³/mol. The third kappa shape index (κ3) is 3.50. The largest absolute Gasteiger partial charge is 0.489 e. The summed E-state index contributed by atoms with van der Waals surface area (Å²) in [4.78, 5) is 4.67. The number of anilines is 2. The monoisotopic (exact) mass is 380 g/mol. The Morgan fingerprint density at radius 1 is 0.966 bits per heavy atom. The minimum atomic E-state index is 0.555. The molecule has 0 saturated carbocycles. The molecule has 0 saturated heterocycles. The second kappa shape index (κ2) is 7.28. The average Bonchev–Trinajstić information content (AvgIpc) is 3.22. The normalized spacial score (nSPS) is 11.1. The lowest BCUT2D eigenvalue weighted by atomic mass is 10.1. The van der Waals surface area contributed by atoms with Gasteiger partial charge in [0, 0.05) is 22.2 Å². The van der Waals surface area contributed by atoms with Crippen molar-refractivity contribution in [3.8, 4) is 5.75 Å². The first kappa shape index (κ1) is 17.3. The number of pyridine rings is 1. The van der Waals surface area contributed by atoms with Gasteiger partial charge in [-0.2, -0.15) is 5.10 Å². The number of aromatic nitrogens is 3. The number of nitrogens with one attached hydrogen (secondary N) is 2. The van der Waals surface area contributed by atoms with Crippen molar-refractivity contribution in [2.75, 3.05) is 5.32 Å². The van der Waals surface area contributed by atoms with E-state index in [-0.39, 0.29) is 0 Å². The number of aromatic amines is 1. The molecule has 0 spiro atoms. The molecule has 2 aromatic heterocycles. The number of nitrogens with zero attached hydrogens (tertiary/aromatic N) is 2. The molecule has 0 aliphatic heterocycles. The van der Waals surface area contributed by atoms with Gasteiger partial charge in [-0.1, -0.05) is 30.3 Å². The molecule has 0 radical (unpaired) electrons. The maximum atomic E-state index is 5.88. The highest BCUT2D eigenvalue weighted by Gasteiger charge is 2.10. The lowest BCUT2D eigenvalue weighted by molar-refractivity contribution is 0.306. The number of hydrogen-bond donors (Lipinski definition) is 2. The highest BCUT2D eigenvalue weighted by atomic mass is 16.5. The van der Waals surface area contributed by atoms with E-state index >= 15 is 0 Å². The number of fused-ring (bicyclic) bond motifs is 3. The van der Waals surface area contributed by atoms with Gasteiger partial charge in [0.2, 0.25) is 0 Å². The third-order valence-electron chi connectivity index (χ3n) is 4.90. The van der Waals surface area contributed by atoms with E-state index in [4.69, 9.17) is 4.74 Å². The van der Waals surface area contributed by atoms with Gasteiger partial charge >= 0.3 is 0 Å². The SMILES string of the molecule is Cc1cc(Nc2ccc(OCc3ccccc3)cc2)c2c(ccc3cn[nH]c32)n1. The summed E-state index contributed by atoms with van der Waals surface area (Å²) in [7, 11) is 0. The highest BCUT2D eigenvalue weighted by molar-refractivity contribution is 6.10. The average molecular weight is 380 g/mol. The predicted octanol–water partition coefficient (Wildman–Crippen LogP) is 5.74. The summed E-state index contributed by atoms with van der Waals surface area (Å²) in [6, 6.07) is 24.3. The molecule has 3 aromatic carbocycles. The zero-order chi connectivity index (χ0) is 19.6. The van der Waals surface area contributed by atoms with Gasteiger partial charge in [0.25, 0.3) is 0 Å². The molecule has 2 heterocycles. The van der Waals surface area contributed by atoms with E-state index in [9.17, 15) is 0 Å². The molecule has 5 aromatic rings. The van der Waals surface area contributed by atoms with E-state index in [0.29, 0.717) is 6.61 Å². The van der Waals surface area contributed by atoms with Gasteiger partial charge in [0.1, 0.15) is 12.4 Å². The van der Waals surface area contributed by atoms with Gasteiger partial charge < -0.3 is 10.1 Å². The number of hydrogen-bond acceptors (Lipinski definition) is 4. The number of aryl methyl sites for hydroxylation is 1. The molecule has 0 aliphatic rings. The van der Waals surface area contributed by atoms with Crippen LogP contribution < -0.4 is 10.1 Å². The summed E-state index contributed by atoms with van der Waals surface area (Å²) < 4.78 is 5.88. The Balaban J connectivity index is 1.41. The van der Waals surface area contributed by atoms with Crippen LogP contribution in [0.1, 0.15) is 11.3 Å². The molecule has 0 unspecified atom stereocenters. The summed E-state index contributed by atoms with van der Waals surface area (Å²) >= 11 is 0. The Morgan fingerprint density at radius 2 is 1.79 bits per heavy atom. The van der Waals surface area contributed by atoms with E-state index < -0.39 is 0 Å². The van der Waals surface area contributed by atoms with Gasteiger partial charge in [0.05, 0.1) is 22.9 Å². The van der Waals surface area contributed by atoms with Gasteiger partial charge in [-0.15, -0.1) is 0 Å². The third-order valence-corrected chi connectivity index (χ3v) is 4.90. The van der Waals surface area contributed by atoms with Crippen LogP contribution in [0, 0.1) is 6.92 Å². The van der Waals surface area contributed by atoms with Crippen molar-refractivity contribution in [2.45, 2.75) is 13.5 Å². The Hall–Kier alpha value is -3.86. The molecular formula is C24H20N4O. The van der Waals surface area contributed by atoms with Crippen LogP contribution in [0.5, 0.6) is 5.75 Å². The first-order chi connectivity index (χ1) is 14.3. The topological polar surface area (TPSA) is 62.8 Å². The van der Waals surface area contributed by atoms with Crippen molar-refractivity contribution in [2.24, 2.45) is 0 Å². The van der Waals surface area contributed by atoms with E-state index in [1.165, 1.54) is 0 Å². The van der Waals surface area contributed by atoms with Gasteiger partial charge in [0.15, 0.2) is 0 Å². The molecule has 5 nitrogen and oxygen atoms in total. The molecule has 29 heavy (non-hydrogen) atoms. The molecule has 0 aliphatic carbocycles. The summed E-state index contributed by atoms with van der Waals surface area (Å²) in [5.74, 6) is 0.839. The smallest absolute Gasteiger partial charge is 0.119 e. The fourth-order valence-corrected chi connectivity index (χ4v) is 3.50. The summed E-state index contributed by atoms with van der Waals surface area (Å²) in [5, 5.41) is 12.9. The van der Waals surface area contributed by atoms with Gasteiger partial charge in [-0.05, 0) is 55.0 Å². The van der Waals surface area contributed by atoms with Crippen LogP contribution in [-0.4, -0.2) is 15.2 Å². The number of rotatable bonds is 5. The standard InChI is InChI=1S/C24H20N4O/c1-16-13-22(23-21(26-16)12-7-18-14-25-28-24(18)23)27-19-8-10-20(11-9-19)29-15-17-5-3-2-4-6-17/h2-14H,15H2,1H3,(H,25,28)(H,26,27). The Bertz CT molecular complexity index is 1280. The maximum absolute atomic E-state index is 5.88. The van der Waals surface area contributed by atoms with Gasteiger partial charge in [-0.25, -0.2) is 0 Å². The minimum Gasteiger partial charge on any atom is -0.489 e. The van der Waals surface area contributed by atoms with E-state index in [2.05, 4.69) is 38.7 Å². The summed E-state index contributed by atoms with van der Waals surface area (Å²) in [5.41, 5.74) is 6.02. The Labute approximate surface area is 168 Å². The molecule has 2 N–H and O–H groups in total. The Kier molecular flexibility index (Phi) is 4.33. The van der Waals surface area contributed by atoms with Crippen LogP contribution in [0.2, 0.25) is 0 Å². The van der Waals surface area contributed by atoms with E-state index in [1.54, 1.807) is 0 Å². The van der Waals surface area contributed by atoms with Gasteiger partial charge in [-0.3, -0.25) is 10.1 Å². The fourth-order valence-electron chi connectivity index (χ4n) is 3.50. The number of H-pyrrole nitrogens is 1. The van der Waals surface area contributed by atoms with Crippen molar-refractivity contribution < 1.29 is 4.74 Å². The molecule has 142 valence electrons. The molecule has 5 rings (SSSR count). The van der Waals surface area contributed by atoms with Crippen LogP contribution >= 0.6 is 0 Å². The second-order valence-electron chi connectivity index (χ2n) is 7.03. The quantitative estimate of drug-likeness (QED) is 0.408. The molecule has 0 bridgehead atoms. The van der Waals surface area contributed by atoms with E-state index in [0.717, 1.165) is 50.2 Å². The minimum absolute atomic E-state index is 0.555. The summed E-state index contributed by atoms with van der Waals surface area (Å²) in [6.45, 7) is 2.56. The van der Waals surface area contributed by atoms with Crippen molar-refractivity contribution in [1.29, 1.82) is 0 Å². The Morgan fingerprint density at radius 3 is 2.62 bits per heavy atom. The highest BCUT2D eigenvalue weighted by Crippen LogP contribution is 2.32. The van der Waals surface area contributed by atoms with Crippen molar-refractivity contribution in [1.82, 2.24) is 15.2 Å². The molecule has 5 heteroatoms. The van der Waals surface area contributed by atoms with Crippen LogP contribution in [0.25, 0.3) is 21.8 Å². The van der Waals surface area contributed by atoms with Crippen LogP contribution in [-0.2, 0) is 6.61 Å². The lowest BCUT2D eigenvalue weighted by Crippen LogP contribution is -1.97. The van der Waals surface area contributed by atoms with Crippen molar-refractivity contribution in [3.05, 3.63) is 90.3 Å². The molecular weight excluding hydrogens is 360 g/mol. The lowest BCUT2D eigenvalue weighted by Gasteiger charge is -2.12. The first-order valence-corrected chi connectivity index (χ1v) is 9.53. The molecule has 0 amide bonds. The van der Waals surface area contributed by atoms with Crippen LogP contribution in [0.15, 0.2) is 79.0 Å². The zero-order valence-corrected chi connectivity index (χ0v) is 16.0. The van der Waals surface area contributed by atoms with Crippen molar-refractivity contribution in [3.63, 3.8) is 0 Å². The molecule has 0 fully saturated rings. The van der Waals surface area contributed by atoms with Crippen molar-refractivity contribution >= 4 is 33.2 Å². The zero-order valence-electron chi connectivity index (χ0n) is 16.0. The number of ether oxygens (including phenoxy) is 1. The first-order valence-electron chi connectivity index (χ1n) is 9.53. The van der Waals surface area contributed by atoms with Crippen LogP contribution in [0.4, 0.5) is 11.4 Å². The van der Waals surface area contributed by atoms with E-state index in [1.807, 2.05) is 67.7 Å². The number of benzene rings is 3. The fraction of sp³-hybridized carbons (Fsp3) is 0.0833. The maximum Gasteiger partial charge on any atom is 0.119 e. The summed E-state index contributed by atoms with van der Waals surface area (Å²) in [6.07, 6.45) is 1.83. The van der Waals surface area contributed by atoms with Crippen LogP contribution in [0.3, 0.4) is 0 Å².